The van der Waals surface area contributed by atoms with Crippen LogP contribution in [0.1, 0.15) is 25.7 Å². The highest BCUT2D eigenvalue weighted by Gasteiger charge is 2.34. The van der Waals surface area contributed by atoms with E-state index >= 15 is 0 Å². The molecule has 2 aromatic rings. The molecule has 0 radical (unpaired) electrons. The molecule has 3 nitrogen and oxygen atoms in total. The summed E-state index contributed by atoms with van der Waals surface area (Å²) in [6, 6.07) is 8.99. The van der Waals surface area contributed by atoms with Gasteiger partial charge >= 0.3 is 0 Å². The number of hydrogen-bond acceptors (Lipinski definition) is 3. The van der Waals surface area contributed by atoms with Crippen LogP contribution >= 0.6 is 0 Å². The van der Waals surface area contributed by atoms with Crippen molar-refractivity contribution in [2.45, 2.75) is 31.7 Å². The van der Waals surface area contributed by atoms with Gasteiger partial charge in [0.2, 0.25) is 0 Å². The van der Waals surface area contributed by atoms with Crippen LogP contribution in [0.5, 0.6) is 0 Å². The van der Waals surface area contributed by atoms with Gasteiger partial charge in [0.05, 0.1) is 5.52 Å². The van der Waals surface area contributed by atoms with E-state index in [4.69, 9.17) is 5.73 Å². The summed E-state index contributed by atoms with van der Waals surface area (Å²) in [7, 11) is 0. The first-order chi connectivity index (χ1) is 9.31. The zero-order chi connectivity index (χ0) is 12.8. The summed E-state index contributed by atoms with van der Waals surface area (Å²) >= 11 is 0. The second kappa shape index (κ2) is 4.12. The van der Waals surface area contributed by atoms with E-state index in [1.54, 1.807) is 0 Å². The van der Waals surface area contributed by atoms with E-state index < -0.39 is 0 Å². The first-order valence-electron chi connectivity index (χ1n) is 7.22. The Hall–Kier alpha value is -1.77. The monoisotopic (exact) mass is 253 g/mol. The van der Waals surface area contributed by atoms with E-state index in [-0.39, 0.29) is 0 Å². The SMILES string of the molecule is Nc1ccc2c(N(CC3CC3)C3CC3)ccnc2c1. The van der Waals surface area contributed by atoms with E-state index in [1.165, 1.54) is 43.3 Å². The molecule has 0 bridgehead atoms. The van der Waals surface area contributed by atoms with E-state index in [0.717, 1.165) is 23.2 Å². The molecule has 3 heteroatoms. The molecule has 19 heavy (non-hydrogen) atoms. The molecule has 1 heterocycles. The van der Waals surface area contributed by atoms with Crippen molar-refractivity contribution in [2.75, 3.05) is 17.2 Å². The van der Waals surface area contributed by atoms with Crippen molar-refractivity contribution in [2.24, 2.45) is 5.92 Å². The predicted octanol–water partition coefficient (Wildman–Crippen LogP) is 3.20. The largest absolute Gasteiger partial charge is 0.399 e. The van der Waals surface area contributed by atoms with Gasteiger partial charge in [0.15, 0.2) is 0 Å². The van der Waals surface area contributed by atoms with Crippen LogP contribution in [-0.2, 0) is 0 Å². The van der Waals surface area contributed by atoms with Crippen molar-refractivity contribution in [3.63, 3.8) is 0 Å². The van der Waals surface area contributed by atoms with Crippen LogP contribution in [0.25, 0.3) is 10.9 Å². The van der Waals surface area contributed by atoms with Crippen LogP contribution in [0, 0.1) is 5.92 Å². The average Bonchev–Trinajstić information content (AvgIpc) is 3.26. The minimum absolute atomic E-state index is 0.753. The number of nitrogens with two attached hydrogens (primary N) is 1. The number of anilines is 2. The lowest BCUT2D eigenvalue weighted by Gasteiger charge is -2.26. The molecule has 2 aliphatic rings. The molecule has 0 aliphatic heterocycles. The minimum atomic E-state index is 0.753. The Morgan fingerprint density at radius 1 is 1.16 bits per heavy atom. The summed E-state index contributed by atoms with van der Waals surface area (Å²) in [6.07, 6.45) is 7.40. The molecule has 4 rings (SSSR count). The molecule has 0 amide bonds. The molecule has 1 aromatic carbocycles. The number of hydrogen-bond donors (Lipinski definition) is 1. The Morgan fingerprint density at radius 3 is 2.74 bits per heavy atom. The molecule has 0 atom stereocenters. The van der Waals surface area contributed by atoms with Crippen LogP contribution in [0.4, 0.5) is 11.4 Å². The van der Waals surface area contributed by atoms with Crippen LogP contribution in [0.15, 0.2) is 30.5 Å². The Kier molecular flexibility index (Phi) is 2.40. The maximum Gasteiger partial charge on any atom is 0.0743 e. The summed E-state index contributed by atoms with van der Waals surface area (Å²) in [5.41, 5.74) is 9.01. The highest BCUT2D eigenvalue weighted by atomic mass is 15.2. The van der Waals surface area contributed by atoms with Crippen LogP contribution < -0.4 is 10.6 Å². The van der Waals surface area contributed by atoms with Gasteiger partial charge in [-0.1, -0.05) is 0 Å². The average molecular weight is 253 g/mol. The summed E-state index contributed by atoms with van der Waals surface area (Å²) < 4.78 is 0. The van der Waals surface area contributed by atoms with Crippen LogP contribution in [0.2, 0.25) is 0 Å². The van der Waals surface area contributed by atoms with Crippen molar-refractivity contribution in [1.29, 1.82) is 0 Å². The molecular formula is C16H19N3. The van der Waals surface area contributed by atoms with Crippen LogP contribution in [0.3, 0.4) is 0 Å². The number of pyridine rings is 1. The Bertz CT molecular complexity index is 614. The van der Waals surface area contributed by atoms with Gasteiger partial charge in [-0.15, -0.1) is 0 Å². The second-order valence-corrected chi connectivity index (χ2v) is 5.93. The molecule has 0 spiro atoms. The van der Waals surface area contributed by atoms with E-state index in [1.807, 2.05) is 18.3 Å². The molecule has 1 aromatic heterocycles. The van der Waals surface area contributed by atoms with Gasteiger partial charge in [0.25, 0.3) is 0 Å². The third-order valence-corrected chi connectivity index (χ3v) is 4.19. The molecule has 2 saturated carbocycles. The Labute approximate surface area is 113 Å². The van der Waals surface area contributed by atoms with Gasteiger partial charge in [-0.3, -0.25) is 4.98 Å². The van der Waals surface area contributed by atoms with Crippen molar-refractivity contribution in [3.05, 3.63) is 30.5 Å². The first kappa shape index (κ1) is 11.1. The van der Waals surface area contributed by atoms with Crippen molar-refractivity contribution in [1.82, 2.24) is 4.98 Å². The molecule has 2 fully saturated rings. The van der Waals surface area contributed by atoms with Crippen molar-refractivity contribution in [3.8, 4) is 0 Å². The number of nitrogens with zero attached hydrogens (tertiary/aromatic N) is 2. The van der Waals surface area contributed by atoms with Gasteiger partial charge in [-0.2, -0.15) is 0 Å². The summed E-state index contributed by atoms with van der Waals surface area (Å²) in [5, 5.41) is 1.24. The number of rotatable bonds is 4. The molecule has 0 saturated heterocycles. The topological polar surface area (TPSA) is 42.1 Å². The second-order valence-electron chi connectivity index (χ2n) is 5.93. The zero-order valence-corrected chi connectivity index (χ0v) is 11.0. The van der Waals surface area contributed by atoms with Crippen molar-refractivity contribution < 1.29 is 0 Å². The highest BCUT2D eigenvalue weighted by Crippen LogP contribution is 2.39. The molecule has 0 unspecified atom stereocenters. The zero-order valence-electron chi connectivity index (χ0n) is 11.0. The Morgan fingerprint density at radius 2 is 2.00 bits per heavy atom. The van der Waals surface area contributed by atoms with Gasteiger partial charge in [0, 0.05) is 35.5 Å². The third-order valence-electron chi connectivity index (χ3n) is 4.19. The fourth-order valence-corrected chi connectivity index (χ4v) is 2.81. The standard InChI is InChI=1S/C16H19N3/c17-12-3-6-14-15(9-12)18-8-7-16(14)19(13-4-5-13)10-11-1-2-11/h3,6-9,11,13H,1-2,4-5,10,17H2. The van der Waals surface area contributed by atoms with E-state index in [2.05, 4.69) is 22.0 Å². The fourth-order valence-electron chi connectivity index (χ4n) is 2.81. The van der Waals surface area contributed by atoms with Gasteiger partial charge in [0.1, 0.15) is 0 Å². The van der Waals surface area contributed by atoms with E-state index in [9.17, 15) is 0 Å². The smallest absolute Gasteiger partial charge is 0.0743 e. The van der Waals surface area contributed by atoms with E-state index in [0.29, 0.717) is 0 Å². The highest BCUT2D eigenvalue weighted by molar-refractivity contribution is 5.93. The summed E-state index contributed by atoms with van der Waals surface area (Å²) in [4.78, 5) is 7.06. The van der Waals surface area contributed by atoms with Crippen LogP contribution in [-0.4, -0.2) is 17.6 Å². The lowest BCUT2D eigenvalue weighted by atomic mass is 10.1. The summed E-state index contributed by atoms with van der Waals surface area (Å²) in [5.74, 6) is 0.914. The summed E-state index contributed by atoms with van der Waals surface area (Å²) in [6.45, 7) is 1.22. The minimum Gasteiger partial charge on any atom is -0.399 e. The normalized spacial score (nSPS) is 18.7. The molecular weight excluding hydrogens is 234 g/mol. The van der Waals surface area contributed by atoms with Gasteiger partial charge in [-0.05, 0) is 55.9 Å². The van der Waals surface area contributed by atoms with Crippen molar-refractivity contribution >= 4 is 22.3 Å². The maximum absolute atomic E-state index is 5.86. The maximum atomic E-state index is 5.86. The lowest BCUT2D eigenvalue weighted by Crippen LogP contribution is -2.28. The van der Waals surface area contributed by atoms with Gasteiger partial charge in [-0.25, -0.2) is 0 Å². The number of nitrogen functional groups attached to an aromatic ring is 1. The third kappa shape index (κ3) is 2.14. The predicted molar refractivity (Wildman–Crippen MR) is 79.2 cm³/mol. The number of fused-ring (bicyclic) bond motifs is 1. The molecule has 2 aliphatic carbocycles. The van der Waals surface area contributed by atoms with Gasteiger partial charge < -0.3 is 10.6 Å². The first-order valence-corrected chi connectivity index (χ1v) is 7.22. The molecule has 2 N–H and O–H groups in total. The Balaban J connectivity index is 1.78. The lowest BCUT2D eigenvalue weighted by molar-refractivity contribution is 0.721. The molecule has 98 valence electrons. The number of aromatic nitrogens is 1. The quantitative estimate of drug-likeness (QED) is 0.851. The fraction of sp³-hybridized carbons (Fsp3) is 0.438. The number of benzene rings is 1.